The van der Waals surface area contributed by atoms with E-state index in [0.29, 0.717) is 23.4 Å². The zero-order chi connectivity index (χ0) is 18.7. The summed E-state index contributed by atoms with van der Waals surface area (Å²) in [4.78, 5) is 14.0. The van der Waals surface area contributed by atoms with Crippen molar-refractivity contribution in [3.05, 3.63) is 34.6 Å². The van der Waals surface area contributed by atoms with Gasteiger partial charge in [0.05, 0.1) is 5.56 Å². The molecule has 1 aliphatic heterocycles. The first-order valence-electron chi connectivity index (χ1n) is 10.1. The standard InChI is InChI=1S/C19H25FN2O2.C2H6/c20-17-15-6-9-22(12-13(15)4-5-16(17)18(23)21-24)14-10-19(11-14)7-2-1-3-8-19;1-2/h4-5,14,24H,1-3,6-12H2,(H,21,23);1-2H3. The highest BCUT2D eigenvalue weighted by atomic mass is 19.1. The van der Waals surface area contributed by atoms with Crippen molar-refractivity contribution in [3.8, 4) is 0 Å². The Kier molecular flexibility index (Phi) is 5.98. The number of nitrogens with one attached hydrogen (secondary N) is 1. The fourth-order valence-electron chi connectivity index (χ4n) is 5.09. The average molecular weight is 362 g/mol. The highest BCUT2D eigenvalue weighted by molar-refractivity contribution is 5.94. The third kappa shape index (κ3) is 3.52. The molecule has 1 aromatic carbocycles. The fourth-order valence-corrected chi connectivity index (χ4v) is 5.09. The zero-order valence-corrected chi connectivity index (χ0v) is 16.0. The maximum atomic E-state index is 14.5. The van der Waals surface area contributed by atoms with Gasteiger partial charge in [-0.2, -0.15) is 0 Å². The van der Waals surface area contributed by atoms with Gasteiger partial charge in [-0.25, -0.2) is 9.87 Å². The van der Waals surface area contributed by atoms with Gasteiger partial charge in [0, 0.05) is 19.1 Å². The van der Waals surface area contributed by atoms with Gasteiger partial charge >= 0.3 is 0 Å². The molecule has 0 atom stereocenters. The van der Waals surface area contributed by atoms with Crippen LogP contribution in [0.1, 0.15) is 80.3 Å². The quantitative estimate of drug-likeness (QED) is 0.604. The van der Waals surface area contributed by atoms with Gasteiger partial charge in [0.25, 0.3) is 5.91 Å². The van der Waals surface area contributed by atoms with Gasteiger partial charge < -0.3 is 0 Å². The second-order valence-corrected chi connectivity index (χ2v) is 7.85. The highest BCUT2D eigenvalue weighted by Gasteiger charge is 2.46. The number of hydroxylamine groups is 1. The third-order valence-corrected chi connectivity index (χ3v) is 6.48. The van der Waals surface area contributed by atoms with Gasteiger partial charge in [-0.3, -0.25) is 14.9 Å². The lowest BCUT2D eigenvalue weighted by Gasteiger charge is -2.54. The van der Waals surface area contributed by atoms with Crippen LogP contribution >= 0.6 is 0 Å². The van der Waals surface area contributed by atoms with E-state index in [-0.39, 0.29) is 5.56 Å². The summed E-state index contributed by atoms with van der Waals surface area (Å²) in [7, 11) is 0. The number of rotatable bonds is 2. The second kappa shape index (κ2) is 8.05. The van der Waals surface area contributed by atoms with Crippen LogP contribution in [0.5, 0.6) is 0 Å². The topological polar surface area (TPSA) is 52.6 Å². The Morgan fingerprint density at radius 1 is 1.23 bits per heavy atom. The minimum absolute atomic E-state index is 0.0745. The molecule has 1 amide bonds. The van der Waals surface area contributed by atoms with Crippen molar-refractivity contribution in [3.63, 3.8) is 0 Å². The number of carbonyl (C=O) groups excluding carboxylic acids is 1. The molecule has 4 nitrogen and oxygen atoms in total. The second-order valence-electron chi connectivity index (χ2n) is 7.85. The van der Waals surface area contributed by atoms with Crippen molar-refractivity contribution in [2.75, 3.05) is 6.54 Å². The summed E-state index contributed by atoms with van der Waals surface area (Å²) < 4.78 is 14.5. The Morgan fingerprint density at radius 2 is 1.92 bits per heavy atom. The first-order chi connectivity index (χ1) is 12.6. The first kappa shape index (κ1) is 19.3. The molecule has 1 aromatic rings. The van der Waals surface area contributed by atoms with E-state index in [4.69, 9.17) is 5.21 Å². The predicted molar refractivity (Wildman–Crippen MR) is 99.7 cm³/mol. The molecule has 2 aliphatic carbocycles. The molecule has 4 rings (SSSR count). The number of hydrogen-bond acceptors (Lipinski definition) is 3. The summed E-state index contributed by atoms with van der Waals surface area (Å²) >= 11 is 0. The molecular formula is C21H31FN2O2. The molecule has 144 valence electrons. The molecule has 0 unspecified atom stereocenters. The molecule has 1 spiro atoms. The van der Waals surface area contributed by atoms with E-state index in [0.717, 1.165) is 18.7 Å². The molecule has 0 aromatic heterocycles. The van der Waals surface area contributed by atoms with Crippen LogP contribution in [0.2, 0.25) is 0 Å². The van der Waals surface area contributed by atoms with Crippen LogP contribution in [-0.4, -0.2) is 28.6 Å². The Balaban J connectivity index is 0.000000948. The molecule has 3 aliphatic rings. The van der Waals surface area contributed by atoms with E-state index in [1.807, 2.05) is 19.9 Å². The van der Waals surface area contributed by atoms with Crippen molar-refractivity contribution in [1.29, 1.82) is 0 Å². The lowest BCUT2D eigenvalue weighted by atomic mass is 9.58. The van der Waals surface area contributed by atoms with Crippen LogP contribution in [0.25, 0.3) is 0 Å². The number of carbonyl (C=O) groups is 1. The number of hydrogen-bond donors (Lipinski definition) is 2. The molecule has 2 N–H and O–H groups in total. The number of fused-ring (bicyclic) bond motifs is 1. The maximum absolute atomic E-state index is 14.5. The van der Waals surface area contributed by atoms with Gasteiger partial charge in [-0.15, -0.1) is 0 Å². The van der Waals surface area contributed by atoms with E-state index >= 15 is 0 Å². The van der Waals surface area contributed by atoms with Crippen LogP contribution in [0.4, 0.5) is 4.39 Å². The monoisotopic (exact) mass is 362 g/mol. The summed E-state index contributed by atoms with van der Waals surface area (Å²) in [5, 5.41) is 8.72. The molecule has 26 heavy (non-hydrogen) atoms. The summed E-state index contributed by atoms with van der Waals surface area (Å²) in [6.45, 7) is 5.63. The van der Waals surface area contributed by atoms with Crippen molar-refractivity contribution in [2.45, 2.75) is 77.8 Å². The number of amides is 1. The molecule has 0 radical (unpaired) electrons. The molecule has 5 heteroatoms. The van der Waals surface area contributed by atoms with Crippen LogP contribution in [-0.2, 0) is 13.0 Å². The van der Waals surface area contributed by atoms with E-state index in [1.165, 1.54) is 56.5 Å². The molecule has 0 bridgehead atoms. The van der Waals surface area contributed by atoms with Gasteiger partial charge in [-0.1, -0.05) is 39.2 Å². The summed E-state index contributed by atoms with van der Waals surface area (Å²) in [5.74, 6) is -1.26. The molecule has 0 saturated heterocycles. The lowest BCUT2D eigenvalue weighted by Crippen LogP contribution is -2.52. The van der Waals surface area contributed by atoms with Gasteiger partial charge in [-0.05, 0) is 54.7 Å². The van der Waals surface area contributed by atoms with Gasteiger partial charge in [0.15, 0.2) is 0 Å². The SMILES string of the molecule is CC.O=C(NO)c1ccc2c(c1F)CCN(C1CC3(CCCCC3)C1)C2. The first-order valence-corrected chi connectivity index (χ1v) is 10.1. The largest absolute Gasteiger partial charge is 0.296 e. The zero-order valence-electron chi connectivity index (χ0n) is 16.0. The average Bonchev–Trinajstić information content (AvgIpc) is 2.67. The Morgan fingerprint density at radius 3 is 2.58 bits per heavy atom. The minimum atomic E-state index is -0.782. The summed E-state index contributed by atoms with van der Waals surface area (Å²) in [5.41, 5.74) is 3.67. The predicted octanol–water partition coefficient (Wildman–Crippen LogP) is 4.44. The van der Waals surface area contributed by atoms with Crippen LogP contribution < -0.4 is 5.48 Å². The van der Waals surface area contributed by atoms with E-state index in [1.54, 1.807) is 0 Å². The van der Waals surface area contributed by atoms with Gasteiger partial charge in [0.1, 0.15) is 5.82 Å². The highest BCUT2D eigenvalue weighted by Crippen LogP contribution is 2.53. The van der Waals surface area contributed by atoms with Crippen molar-refractivity contribution in [2.24, 2.45) is 5.41 Å². The molecular weight excluding hydrogens is 331 g/mol. The minimum Gasteiger partial charge on any atom is -0.296 e. The summed E-state index contributed by atoms with van der Waals surface area (Å²) in [6, 6.07) is 3.95. The number of halogens is 1. The lowest BCUT2D eigenvalue weighted by molar-refractivity contribution is -0.0309. The molecule has 2 saturated carbocycles. The van der Waals surface area contributed by atoms with E-state index in [2.05, 4.69) is 4.90 Å². The third-order valence-electron chi connectivity index (χ3n) is 6.48. The molecule has 2 fully saturated rings. The van der Waals surface area contributed by atoms with Crippen molar-refractivity contribution < 1.29 is 14.4 Å². The molecule has 1 heterocycles. The van der Waals surface area contributed by atoms with Crippen molar-refractivity contribution >= 4 is 5.91 Å². The Labute approximate surface area is 155 Å². The van der Waals surface area contributed by atoms with Gasteiger partial charge in [0.2, 0.25) is 0 Å². The maximum Gasteiger partial charge on any atom is 0.277 e. The number of benzene rings is 1. The Bertz CT molecular complexity index is 648. The smallest absolute Gasteiger partial charge is 0.277 e. The van der Waals surface area contributed by atoms with Crippen LogP contribution in [0, 0.1) is 11.2 Å². The van der Waals surface area contributed by atoms with Crippen molar-refractivity contribution in [1.82, 2.24) is 10.4 Å². The van der Waals surface area contributed by atoms with E-state index in [9.17, 15) is 9.18 Å². The summed E-state index contributed by atoms with van der Waals surface area (Å²) in [6.07, 6.45) is 10.2. The van der Waals surface area contributed by atoms with E-state index < -0.39 is 11.7 Å². The van der Waals surface area contributed by atoms with Crippen LogP contribution in [0.15, 0.2) is 12.1 Å². The fraction of sp³-hybridized carbons (Fsp3) is 0.667. The number of nitrogens with zero attached hydrogens (tertiary/aromatic N) is 1. The normalized spacial score (nSPS) is 22.0. The van der Waals surface area contributed by atoms with Crippen LogP contribution in [0.3, 0.4) is 0 Å². The Hall–Kier alpha value is -1.46.